The Morgan fingerprint density at radius 1 is 1.15 bits per heavy atom. The largest absolute Gasteiger partial charge is 0.323 e. The molecule has 0 spiro atoms. The minimum absolute atomic E-state index is 0.0255. The SMILES string of the molecule is Cc1ccc(NS(=O)(=O)c2cnccc2NN)c(C)n1. The lowest BCUT2D eigenvalue weighted by atomic mass is 10.3. The lowest BCUT2D eigenvalue weighted by molar-refractivity contribution is 0.601. The van der Waals surface area contributed by atoms with Gasteiger partial charge in [-0.3, -0.25) is 20.5 Å². The van der Waals surface area contributed by atoms with Gasteiger partial charge in [0, 0.05) is 18.1 Å². The smallest absolute Gasteiger partial charge is 0.265 e. The molecule has 7 nitrogen and oxygen atoms in total. The molecule has 2 aromatic rings. The molecule has 0 atom stereocenters. The van der Waals surface area contributed by atoms with Gasteiger partial charge in [-0.2, -0.15) is 0 Å². The first-order chi connectivity index (χ1) is 9.44. The summed E-state index contributed by atoms with van der Waals surface area (Å²) in [5.74, 6) is 5.31. The molecule has 0 radical (unpaired) electrons. The summed E-state index contributed by atoms with van der Waals surface area (Å²) in [7, 11) is -3.79. The fraction of sp³-hybridized carbons (Fsp3) is 0.167. The van der Waals surface area contributed by atoms with E-state index >= 15 is 0 Å². The topological polar surface area (TPSA) is 110 Å². The molecule has 0 aliphatic rings. The highest BCUT2D eigenvalue weighted by atomic mass is 32.2. The van der Waals surface area contributed by atoms with Gasteiger partial charge in [0.15, 0.2) is 0 Å². The summed E-state index contributed by atoms with van der Waals surface area (Å²) in [6.45, 7) is 3.57. The van der Waals surface area contributed by atoms with E-state index in [9.17, 15) is 8.42 Å². The Balaban J connectivity index is 2.41. The molecule has 0 bridgehead atoms. The molecule has 2 rings (SSSR count). The molecule has 0 aromatic carbocycles. The van der Waals surface area contributed by atoms with Crippen molar-refractivity contribution in [2.24, 2.45) is 5.84 Å². The summed E-state index contributed by atoms with van der Waals surface area (Å²) in [5, 5.41) is 0. The number of hydrogen-bond donors (Lipinski definition) is 3. The first kappa shape index (κ1) is 14.2. The molecule has 0 amide bonds. The lowest BCUT2D eigenvalue weighted by Gasteiger charge is -2.12. The average molecular weight is 293 g/mol. The summed E-state index contributed by atoms with van der Waals surface area (Å²) in [6, 6.07) is 4.88. The lowest BCUT2D eigenvalue weighted by Crippen LogP contribution is -2.18. The van der Waals surface area contributed by atoms with Crippen molar-refractivity contribution in [1.29, 1.82) is 0 Å². The fourth-order valence-corrected chi connectivity index (χ4v) is 2.94. The van der Waals surface area contributed by atoms with Crippen LogP contribution in [0.25, 0.3) is 0 Å². The van der Waals surface area contributed by atoms with Crippen LogP contribution in [0, 0.1) is 13.8 Å². The normalized spacial score (nSPS) is 11.2. The van der Waals surface area contributed by atoms with Crippen LogP contribution in [0.1, 0.15) is 11.4 Å². The van der Waals surface area contributed by atoms with Crippen LogP contribution in [0.2, 0.25) is 0 Å². The summed E-state index contributed by atoms with van der Waals surface area (Å²) in [6.07, 6.45) is 2.68. The molecule has 20 heavy (non-hydrogen) atoms. The van der Waals surface area contributed by atoms with E-state index in [-0.39, 0.29) is 10.6 Å². The van der Waals surface area contributed by atoms with Crippen LogP contribution in [-0.2, 0) is 10.0 Å². The highest BCUT2D eigenvalue weighted by Gasteiger charge is 2.19. The van der Waals surface area contributed by atoms with E-state index < -0.39 is 10.0 Å². The Kier molecular flexibility index (Phi) is 3.86. The molecule has 0 unspecified atom stereocenters. The Hall–Kier alpha value is -2.19. The van der Waals surface area contributed by atoms with Gasteiger partial charge in [-0.1, -0.05) is 0 Å². The van der Waals surface area contributed by atoms with Crippen LogP contribution < -0.4 is 16.0 Å². The van der Waals surface area contributed by atoms with Crippen molar-refractivity contribution in [3.63, 3.8) is 0 Å². The first-order valence-corrected chi connectivity index (χ1v) is 7.30. The summed E-state index contributed by atoms with van der Waals surface area (Å²) in [5.41, 5.74) is 4.44. The Bertz CT molecular complexity index is 730. The van der Waals surface area contributed by atoms with Crippen LogP contribution in [0.4, 0.5) is 11.4 Å². The van der Waals surface area contributed by atoms with Crippen molar-refractivity contribution < 1.29 is 8.42 Å². The van der Waals surface area contributed by atoms with Gasteiger partial charge in [0.1, 0.15) is 4.90 Å². The van der Waals surface area contributed by atoms with Gasteiger partial charge in [-0.15, -0.1) is 0 Å². The van der Waals surface area contributed by atoms with Crippen molar-refractivity contribution in [3.05, 3.63) is 42.0 Å². The predicted octanol–water partition coefficient (Wildman–Crippen LogP) is 1.18. The van der Waals surface area contributed by atoms with Gasteiger partial charge in [-0.25, -0.2) is 8.42 Å². The Labute approximate surface area is 117 Å². The number of nitrogen functional groups attached to an aromatic ring is 1. The number of nitrogens with zero attached hydrogens (tertiary/aromatic N) is 2. The number of nitrogens with two attached hydrogens (primary N) is 1. The molecular weight excluding hydrogens is 278 g/mol. The van der Waals surface area contributed by atoms with Gasteiger partial charge >= 0.3 is 0 Å². The summed E-state index contributed by atoms with van der Waals surface area (Å²) in [4.78, 5) is 7.99. The minimum Gasteiger partial charge on any atom is -0.323 e. The molecule has 106 valence electrons. The van der Waals surface area contributed by atoms with Gasteiger partial charge in [0.25, 0.3) is 10.0 Å². The zero-order chi connectivity index (χ0) is 14.8. The fourth-order valence-electron chi connectivity index (χ4n) is 1.71. The zero-order valence-electron chi connectivity index (χ0n) is 11.1. The highest BCUT2D eigenvalue weighted by Crippen LogP contribution is 2.23. The number of nitrogens with one attached hydrogen (secondary N) is 2. The Morgan fingerprint density at radius 3 is 2.55 bits per heavy atom. The molecule has 2 aromatic heterocycles. The highest BCUT2D eigenvalue weighted by molar-refractivity contribution is 7.92. The second-order valence-electron chi connectivity index (χ2n) is 4.21. The molecule has 0 saturated carbocycles. The number of aryl methyl sites for hydroxylation is 2. The second-order valence-corrected chi connectivity index (χ2v) is 5.86. The standard InChI is InChI=1S/C12H15N5O2S/c1-8-3-4-10(9(2)15-8)17-20(18,19)12-7-14-6-5-11(12)16-13/h3-7,17H,13H2,1-2H3,(H,14,16). The van der Waals surface area contributed by atoms with E-state index in [2.05, 4.69) is 20.1 Å². The third-order valence-corrected chi connectivity index (χ3v) is 4.09. The molecule has 0 aliphatic carbocycles. The van der Waals surface area contributed by atoms with E-state index in [1.54, 1.807) is 19.1 Å². The summed E-state index contributed by atoms with van der Waals surface area (Å²) < 4.78 is 27.2. The van der Waals surface area contributed by atoms with E-state index in [0.29, 0.717) is 11.4 Å². The number of hydrazine groups is 1. The number of hydrogen-bond acceptors (Lipinski definition) is 6. The van der Waals surface area contributed by atoms with Crippen LogP contribution in [0.5, 0.6) is 0 Å². The maximum Gasteiger partial charge on any atom is 0.265 e. The molecule has 8 heteroatoms. The van der Waals surface area contributed by atoms with Gasteiger partial charge in [-0.05, 0) is 32.0 Å². The first-order valence-electron chi connectivity index (χ1n) is 5.82. The molecular formula is C12H15N5O2S. The van der Waals surface area contributed by atoms with E-state index in [0.717, 1.165) is 5.69 Å². The number of pyridine rings is 2. The predicted molar refractivity (Wildman–Crippen MR) is 76.6 cm³/mol. The average Bonchev–Trinajstić information content (AvgIpc) is 2.42. The third kappa shape index (κ3) is 2.86. The van der Waals surface area contributed by atoms with Crippen LogP contribution >= 0.6 is 0 Å². The Morgan fingerprint density at radius 2 is 1.90 bits per heavy atom. The van der Waals surface area contributed by atoms with E-state index in [1.165, 1.54) is 18.5 Å². The summed E-state index contributed by atoms with van der Waals surface area (Å²) >= 11 is 0. The molecule has 2 heterocycles. The van der Waals surface area contributed by atoms with Crippen molar-refractivity contribution >= 4 is 21.4 Å². The quantitative estimate of drug-likeness (QED) is 0.577. The van der Waals surface area contributed by atoms with Crippen molar-refractivity contribution in [2.75, 3.05) is 10.1 Å². The van der Waals surface area contributed by atoms with Crippen LogP contribution in [0.15, 0.2) is 35.5 Å². The monoisotopic (exact) mass is 293 g/mol. The van der Waals surface area contributed by atoms with Crippen molar-refractivity contribution in [3.8, 4) is 0 Å². The maximum atomic E-state index is 12.3. The zero-order valence-corrected chi connectivity index (χ0v) is 11.9. The number of aromatic nitrogens is 2. The van der Waals surface area contributed by atoms with Gasteiger partial charge in [0.05, 0.1) is 17.1 Å². The van der Waals surface area contributed by atoms with Crippen LogP contribution in [0.3, 0.4) is 0 Å². The van der Waals surface area contributed by atoms with E-state index in [4.69, 9.17) is 5.84 Å². The van der Waals surface area contributed by atoms with Gasteiger partial charge in [0.2, 0.25) is 0 Å². The third-order valence-electron chi connectivity index (χ3n) is 2.70. The maximum absolute atomic E-state index is 12.3. The molecule has 0 fully saturated rings. The number of anilines is 2. The second kappa shape index (κ2) is 5.43. The number of rotatable bonds is 4. The minimum atomic E-state index is -3.79. The van der Waals surface area contributed by atoms with Crippen LogP contribution in [-0.4, -0.2) is 18.4 Å². The molecule has 0 saturated heterocycles. The molecule has 0 aliphatic heterocycles. The molecule has 4 N–H and O–H groups in total. The van der Waals surface area contributed by atoms with E-state index in [1.807, 2.05) is 6.92 Å². The number of sulfonamides is 1. The van der Waals surface area contributed by atoms with Crippen molar-refractivity contribution in [1.82, 2.24) is 9.97 Å². The van der Waals surface area contributed by atoms with Gasteiger partial charge < -0.3 is 5.43 Å². The van der Waals surface area contributed by atoms with Crippen molar-refractivity contribution in [2.45, 2.75) is 18.7 Å².